The van der Waals surface area contributed by atoms with Gasteiger partial charge in [0, 0.05) is 61.5 Å². The number of benzene rings is 2. The lowest BCUT2D eigenvalue weighted by molar-refractivity contribution is 0.300. The standard InChI is InChI=1S/C43H38ClN13O5/c1-22-32(45-11-31-35(22)42(58)56(20-46-31)16-33-49-39(51-61-33)36-27-12-54(13-28(27)36)24-5-3-23(44)4-6-24)18-60-26-9-7-25(8-10-26)55-14-29-30(15-55)37(29)40-50-34(62-52-40)17-57-21-48-41-38(43(57)59)53(2)19-47-41/h3-11,19-21,27-30,36-37H,12-18H2,1-2H3/t27?,28?,29-,30?,36?,37?/m0/s1. The number of nitrogens with zero attached hydrogens (tertiary/aromatic N) is 13. The van der Waals surface area contributed by atoms with Crippen molar-refractivity contribution >= 4 is 45.0 Å². The van der Waals surface area contributed by atoms with Gasteiger partial charge in [-0.25, -0.2) is 15.0 Å². The molecule has 0 spiro atoms. The summed E-state index contributed by atoms with van der Waals surface area (Å²) < 4.78 is 22.0. The normalized spacial score (nSPS) is 22.4. The van der Waals surface area contributed by atoms with Crippen molar-refractivity contribution in [1.82, 2.24) is 53.9 Å². The Bertz CT molecular complexity index is 3130. The van der Waals surface area contributed by atoms with Crippen molar-refractivity contribution in [2.24, 2.45) is 30.7 Å². The van der Waals surface area contributed by atoms with Crippen LogP contribution in [-0.4, -0.2) is 80.1 Å². The van der Waals surface area contributed by atoms with Crippen molar-refractivity contribution < 1.29 is 13.8 Å². The van der Waals surface area contributed by atoms with Gasteiger partial charge in [0.05, 0.1) is 35.4 Å². The summed E-state index contributed by atoms with van der Waals surface area (Å²) in [6, 6.07) is 16.0. The first kappa shape index (κ1) is 36.9. The molecule has 0 radical (unpaired) electrons. The van der Waals surface area contributed by atoms with Crippen LogP contribution in [0.5, 0.6) is 5.75 Å². The summed E-state index contributed by atoms with van der Waals surface area (Å²) in [5.74, 6) is 5.11. The molecule has 4 fully saturated rings. The highest BCUT2D eigenvalue weighted by Gasteiger charge is 2.59. The van der Waals surface area contributed by atoms with Crippen LogP contribution in [0.2, 0.25) is 5.02 Å². The minimum Gasteiger partial charge on any atom is -0.487 e. The summed E-state index contributed by atoms with van der Waals surface area (Å²) in [7, 11) is 1.76. The van der Waals surface area contributed by atoms with E-state index in [9.17, 15) is 9.59 Å². The molecule has 2 saturated carbocycles. The molecular formula is C43H38ClN13O5. The Hall–Kier alpha value is -6.95. The monoisotopic (exact) mass is 851 g/mol. The largest absolute Gasteiger partial charge is 0.487 e. The lowest BCUT2D eigenvalue weighted by Gasteiger charge is -2.21. The number of ether oxygens (including phenoxy) is 1. The molecule has 2 aromatic carbocycles. The highest BCUT2D eigenvalue weighted by molar-refractivity contribution is 6.30. The quantitative estimate of drug-likeness (QED) is 0.178. The summed E-state index contributed by atoms with van der Waals surface area (Å²) in [6.07, 6.45) is 6.15. The Morgan fingerprint density at radius 2 is 1.26 bits per heavy atom. The second-order valence-electron chi connectivity index (χ2n) is 16.8. The lowest BCUT2D eigenvalue weighted by Crippen LogP contribution is -2.24. The van der Waals surface area contributed by atoms with Gasteiger partial charge in [0.1, 0.15) is 31.8 Å². The number of aryl methyl sites for hydroxylation is 2. The summed E-state index contributed by atoms with van der Waals surface area (Å²) in [5, 5.41) is 9.79. The number of anilines is 2. The molecule has 6 aromatic heterocycles. The number of piperidine rings is 2. The summed E-state index contributed by atoms with van der Waals surface area (Å²) in [4.78, 5) is 58.4. The van der Waals surface area contributed by atoms with Crippen molar-refractivity contribution in [1.29, 1.82) is 0 Å². The highest BCUT2D eigenvalue weighted by Crippen LogP contribution is 2.59. The van der Waals surface area contributed by atoms with Gasteiger partial charge in [0.2, 0.25) is 11.8 Å². The van der Waals surface area contributed by atoms with Crippen LogP contribution >= 0.6 is 11.6 Å². The predicted octanol–water partition coefficient (Wildman–Crippen LogP) is 4.34. The Morgan fingerprint density at radius 3 is 1.87 bits per heavy atom. The first-order valence-corrected chi connectivity index (χ1v) is 20.9. The van der Waals surface area contributed by atoms with Crippen LogP contribution in [0.4, 0.5) is 11.4 Å². The molecule has 12 rings (SSSR count). The van der Waals surface area contributed by atoms with Crippen molar-refractivity contribution in [3.63, 3.8) is 0 Å². The molecule has 2 aliphatic heterocycles. The van der Waals surface area contributed by atoms with Gasteiger partial charge in [0.25, 0.3) is 11.1 Å². The fourth-order valence-corrected chi connectivity index (χ4v) is 9.93. The van der Waals surface area contributed by atoms with Gasteiger partial charge in [-0.2, -0.15) is 9.97 Å². The fraction of sp³-hybridized carbons (Fsp3) is 0.349. The van der Waals surface area contributed by atoms with Crippen molar-refractivity contribution in [2.75, 3.05) is 36.0 Å². The molecule has 5 atom stereocenters. The predicted molar refractivity (Wildman–Crippen MR) is 224 cm³/mol. The Labute approximate surface area is 356 Å². The SMILES string of the molecule is Cc1c(COc2ccc(N3CC4C(c5noc(Cn6cnc7ncn(C)c7c6=O)n5)[C@H]4C3)cc2)ncc2ncn(Cc3nc(C4C5CN(c6ccc(Cl)cc6)CC54)no3)c(=O)c12. The Morgan fingerprint density at radius 1 is 0.710 bits per heavy atom. The van der Waals surface area contributed by atoms with E-state index in [1.54, 1.807) is 24.1 Å². The highest BCUT2D eigenvalue weighted by atomic mass is 35.5. The minimum absolute atomic E-state index is 0.123. The van der Waals surface area contributed by atoms with E-state index in [1.807, 2.05) is 31.2 Å². The molecule has 4 aliphatic rings. The van der Waals surface area contributed by atoms with Crippen LogP contribution in [-0.2, 0) is 26.7 Å². The number of rotatable bonds is 11. The van der Waals surface area contributed by atoms with Crippen LogP contribution in [0.1, 0.15) is 46.5 Å². The minimum atomic E-state index is -0.207. The van der Waals surface area contributed by atoms with Crippen LogP contribution in [0.25, 0.3) is 22.1 Å². The van der Waals surface area contributed by atoms with E-state index in [2.05, 4.69) is 69.3 Å². The van der Waals surface area contributed by atoms with E-state index in [0.29, 0.717) is 86.2 Å². The number of fused-ring (bicyclic) bond motifs is 4. The first-order valence-electron chi connectivity index (χ1n) is 20.6. The Kier molecular flexibility index (Phi) is 8.35. The number of imidazole rings is 1. The Balaban J connectivity index is 0.653. The molecule has 0 N–H and O–H groups in total. The van der Waals surface area contributed by atoms with Crippen LogP contribution in [0.15, 0.2) is 92.3 Å². The number of hydrogen-bond donors (Lipinski definition) is 0. The smallest absolute Gasteiger partial charge is 0.280 e. The van der Waals surface area contributed by atoms with Crippen LogP contribution < -0.4 is 25.7 Å². The second-order valence-corrected chi connectivity index (χ2v) is 17.3. The molecular weight excluding hydrogens is 814 g/mol. The number of aromatic nitrogens is 11. The third-order valence-corrected chi connectivity index (χ3v) is 13.5. The first-order chi connectivity index (χ1) is 30.2. The van der Waals surface area contributed by atoms with Crippen molar-refractivity contribution in [3.8, 4) is 5.75 Å². The van der Waals surface area contributed by atoms with Crippen molar-refractivity contribution in [2.45, 2.75) is 38.5 Å². The van der Waals surface area contributed by atoms with E-state index >= 15 is 0 Å². The topological polar surface area (TPSA) is 194 Å². The van der Waals surface area contributed by atoms with E-state index in [-0.39, 0.29) is 42.7 Å². The maximum absolute atomic E-state index is 13.8. The van der Waals surface area contributed by atoms with Gasteiger partial charge in [-0.05, 0) is 84.7 Å². The zero-order valence-electron chi connectivity index (χ0n) is 33.6. The third-order valence-electron chi connectivity index (χ3n) is 13.3. The summed E-state index contributed by atoms with van der Waals surface area (Å²) in [6.45, 7) is 5.96. The number of halogens is 1. The average molecular weight is 852 g/mol. The van der Waals surface area contributed by atoms with Gasteiger partial charge in [-0.1, -0.05) is 21.9 Å². The van der Waals surface area contributed by atoms with Gasteiger partial charge in [-0.3, -0.25) is 23.7 Å². The molecule has 312 valence electrons. The molecule has 0 bridgehead atoms. The molecule has 4 unspecified atom stereocenters. The van der Waals surface area contributed by atoms with Gasteiger partial charge in [0.15, 0.2) is 22.8 Å². The third kappa shape index (κ3) is 6.22. The molecule has 2 saturated heterocycles. The van der Waals surface area contributed by atoms with E-state index < -0.39 is 0 Å². The molecule has 19 heteroatoms. The molecule has 18 nitrogen and oxygen atoms in total. The van der Waals surface area contributed by atoms with E-state index in [4.69, 9.17) is 30.4 Å². The van der Waals surface area contributed by atoms with E-state index in [0.717, 1.165) is 36.9 Å². The molecule has 0 amide bonds. The van der Waals surface area contributed by atoms with Crippen molar-refractivity contribution in [3.05, 3.63) is 134 Å². The molecule has 8 heterocycles. The van der Waals surface area contributed by atoms with Gasteiger partial charge < -0.3 is 28.1 Å². The van der Waals surface area contributed by atoms with Gasteiger partial charge >= 0.3 is 0 Å². The lowest BCUT2D eigenvalue weighted by atomic mass is 10.1. The zero-order chi connectivity index (χ0) is 41.8. The summed E-state index contributed by atoms with van der Waals surface area (Å²) in [5.41, 5.74) is 4.58. The molecule has 62 heavy (non-hydrogen) atoms. The molecule has 2 aliphatic carbocycles. The second kappa shape index (κ2) is 14.1. The zero-order valence-corrected chi connectivity index (χ0v) is 34.3. The maximum Gasteiger partial charge on any atom is 0.280 e. The van der Waals surface area contributed by atoms with Crippen LogP contribution in [0, 0.1) is 30.6 Å². The number of hydrogen-bond acceptors (Lipinski definition) is 15. The fourth-order valence-electron chi connectivity index (χ4n) is 9.80. The maximum atomic E-state index is 13.8. The molecule has 8 aromatic rings. The van der Waals surface area contributed by atoms with Crippen LogP contribution in [0.3, 0.4) is 0 Å². The average Bonchev–Trinajstić information content (AvgIpc) is 3.74. The number of pyridine rings is 1. The van der Waals surface area contributed by atoms with E-state index in [1.165, 1.54) is 27.5 Å². The van der Waals surface area contributed by atoms with Gasteiger partial charge in [-0.15, -0.1) is 0 Å². The summed E-state index contributed by atoms with van der Waals surface area (Å²) >= 11 is 6.08.